The zero-order chi connectivity index (χ0) is 21.0. The Balaban J connectivity index is 1.66. The van der Waals surface area contributed by atoms with Crippen molar-refractivity contribution in [3.05, 3.63) is 64.9 Å². The third kappa shape index (κ3) is 5.22. The maximum absolute atomic E-state index is 13.7. The van der Waals surface area contributed by atoms with Gasteiger partial charge in [0.15, 0.2) is 0 Å². The number of carbonyl (C=O) groups excluding carboxylic acids is 1. The Bertz CT molecular complexity index is 998. The van der Waals surface area contributed by atoms with E-state index in [1.165, 1.54) is 58.9 Å². The molecule has 1 heterocycles. The molecule has 3 rings (SSSR count). The fraction of sp³-hybridized carbons (Fsp3) is 0.250. The lowest BCUT2D eigenvalue weighted by molar-refractivity contribution is -0.111. The van der Waals surface area contributed by atoms with Crippen molar-refractivity contribution >= 4 is 39.3 Å². The Morgan fingerprint density at radius 3 is 2.38 bits per heavy atom. The molecule has 1 N–H and O–H groups in total. The van der Waals surface area contributed by atoms with Gasteiger partial charge < -0.3 is 10.2 Å². The van der Waals surface area contributed by atoms with Gasteiger partial charge in [-0.05, 0) is 49.5 Å². The van der Waals surface area contributed by atoms with Crippen LogP contribution in [-0.2, 0) is 14.8 Å². The predicted molar refractivity (Wildman–Crippen MR) is 112 cm³/mol. The summed E-state index contributed by atoms with van der Waals surface area (Å²) in [5.41, 5.74) is 0.551. The van der Waals surface area contributed by atoms with Crippen LogP contribution in [0.1, 0.15) is 5.56 Å². The monoisotopic (exact) mass is 437 g/mol. The molecule has 154 valence electrons. The molecule has 0 saturated carbocycles. The number of hydrogen-bond acceptors (Lipinski definition) is 4. The molecule has 2 aromatic carbocycles. The van der Waals surface area contributed by atoms with Crippen LogP contribution in [0.5, 0.6) is 0 Å². The van der Waals surface area contributed by atoms with E-state index in [9.17, 15) is 17.6 Å². The molecule has 0 spiro atoms. The summed E-state index contributed by atoms with van der Waals surface area (Å²) in [4.78, 5) is 14.3. The van der Waals surface area contributed by atoms with E-state index in [2.05, 4.69) is 10.2 Å². The van der Waals surface area contributed by atoms with Gasteiger partial charge in [-0.3, -0.25) is 4.79 Å². The molecular formula is C20H21ClFN3O3S. The van der Waals surface area contributed by atoms with Gasteiger partial charge in [0.05, 0.1) is 9.92 Å². The number of nitrogens with one attached hydrogen (secondary N) is 1. The normalized spacial score (nSPS) is 16.2. The van der Waals surface area contributed by atoms with E-state index >= 15 is 0 Å². The zero-order valence-electron chi connectivity index (χ0n) is 15.8. The molecule has 0 aliphatic carbocycles. The Morgan fingerprint density at radius 1 is 1.10 bits per heavy atom. The van der Waals surface area contributed by atoms with E-state index < -0.39 is 21.7 Å². The molecule has 0 atom stereocenters. The molecule has 9 heteroatoms. The molecule has 0 aromatic heterocycles. The van der Waals surface area contributed by atoms with Crippen molar-refractivity contribution in [3.8, 4) is 0 Å². The van der Waals surface area contributed by atoms with E-state index in [4.69, 9.17) is 11.6 Å². The van der Waals surface area contributed by atoms with Crippen molar-refractivity contribution in [3.63, 3.8) is 0 Å². The molecule has 1 amide bonds. The summed E-state index contributed by atoms with van der Waals surface area (Å²) in [5, 5.41) is 2.81. The lowest BCUT2D eigenvalue weighted by Crippen LogP contribution is -2.46. The number of hydrogen-bond donors (Lipinski definition) is 1. The van der Waals surface area contributed by atoms with Crippen molar-refractivity contribution in [2.45, 2.75) is 4.90 Å². The summed E-state index contributed by atoms with van der Waals surface area (Å²) in [6, 6.07) is 10.2. The van der Waals surface area contributed by atoms with Crippen molar-refractivity contribution in [2.75, 3.05) is 38.5 Å². The smallest absolute Gasteiger partial charge is 0.248 e. The highest BCUT2D eigenvalue weighted by Gasteiger charge is 2.27. The highest BCUT2D eigenvalue weighted by Crippen LogP contribution is 2.21. The fourth-order valence-corrected chi connectivity index (χ4v) is 4.55. The second kappa shape index (κ2) is 9.04. The molecule has 2 aromatic rings. The zero-order valence-corrected chi connectivity index (χ0v) is 17.4. The van der Waals surface area contributed by atoms with Crippen LogP contribution in [-0.4, -0.2) is 56.8 Å². The minimum Gasteiger partial charge on any atom is -0.323 e. The number of sulfonamides is 1. The minimum absolute atomic E-state index is 0.123. The SMILES string of the molecule is CN1CCN(S(=O)(=O)c2ccc(NC(=O)/C=C/c3c(F)cccc3Cl)cc2)CC1. The molecule has 1 aliphatic heterocycles. The van der Waals surface area contributed by atoms with Crippen LogP contribution in [0.4, 0.5) is 10.1 Å². The van der Waals surface area contributed by atoms with Gasteiger partial charge in [0.25, 0.3) is 0 Å². The summed E-state index contributed by atoms with van der Waals surface area (Å²) in [6.07, 6.45) is 2.46. The standard InChI is InChI=1S/C20H21ClFN3O3S/c1-24-11-13-25(14-12-24)29(27,28)16-7-5-15(6-8-16)23-20(26)10-9-17-18(21)3-2-4-19(17)22/h2-10H,11-14H2,1H3,(H,23,26)/b10-9+. The lowest BCUT2D eigenvalue weighted by Gasteiger charge is -2.31. The Labute approximate surface area is 174 Å². The lowest BCUT2D eigenvalue weighted by atomic mass is 10.2. The van der Waals surface area contributed by atoms with Crippen molar-refractivity contribution < 1.29 is 17.6 Å². The number of benzene rings is 2. The van der Waals surface area contributed by atoms with E-state index in [1.54, 1.807) is 0 Å². The van der Waals surface area contributed by atoms with E-state index in [0.29, 0.717) is 31.9 Å². The van der Waals surface area contributed by atoms with Gasteiger partial charge in [0, 0.05) is 43.5 Å². The molecular weight excluding hydrogens is 417 g/mol. The number of nitrogens with zero attached hydrogens (tertiary/aromatic N) is 2. The fourth-order valence-electron chi connectivity index (χ4n) is 2.90. The first-order valence-electron chi connectivity index (χ1n) is 8.99. The molecule has 1 fully saturated rings. The van der Waals surface area contributed by atoms with Crippen LogP contribution in [0.15, 0.2) is 53.4 Å². The summed E-state index contributed by atoms with van der Waals surface area (Å²) >= 11 is 5.92. The Hall–Kier alpha value is -2.26. The van der Waals surface area contributed by atoms with Crippen molar-refractivity contribution in [1.29, 1.82) is 0 Å². The van der Waals surface area contributed by atoms with Gasteiger partial charge in [0.2, 0.25) is 15.9 Å². The number of amides is 1. The average Bonchev–Trinajstić information content (AvgIpc) is 2.68. The second-order valence-corrected chi connectivity index (χ2v) is 9.03. The third-order valence-corrected chi connectivity index (χ3v) is 6.87. The largest absolute Gasteiger partial charge is 0.323 e. The molecule has 0 unspecified atom stereocenters. The van der Waals surface area contributed by atoms with Gasteiger partial charge >= 0.3 is 0 Å². The maximum atomic E-state index is 13.7. The first kappa shape index (κ1) is 21.4. The number of anilines is 1. The van der Waals surface area contributed by atoms with Gasteiger partial charge in [-0.1, -0.05) is 17.7 Å². The van der Waals surface area contributed by atoms with Gasteiger partial charge in [-0.25, -0.2) is 12.8 Å². The molecule has 0 bridgehead atoms. The van der Waals surface area contributed by atoms with Crippen LogP contribution in [0, 0.1) is 5.82 Å². The van der Waals surface area contributed by atoms with E-state index in [-0.39, 0.29) is 15.5 Å². The highest BCUT2D eigenvalue weighted by molar-refractivity contribution is 7.89. The van der Waals surface area contributed by atoms with Crippen molar-refractivity contribution in [1.82, 2.24) is 9.21 Å². The summed E-state index contributed by atoms with van der Waals surface area (Å²) < 4.78 is 40.6. The number of carbonyl (C=O) groups is 1. The Morgan fingerprint density at radius 2 is 1.76 bits per heavy atom. The number of piperazine rings is 1. The van der Waals surface area contributed by atoms with Crippen LogP contribution >= 0.6 is 11.6 Å². The average molecular weight is 438 g/mol. The van der Waals surface area contributed by atoms with Crippen LogP contribution in [0.2, 0.25) is 5.02 Å². The maximum Gasteiger partial charge on any atom is 0.248 e. The molecule has 1 saturated heterocycles. The molecule has 6 nitrogen and oxygen atoms in total. The quantitative estimate of drug-likeness (QED) is 0.730. The van der Waals surface area contributed by atoms with E-state index in [1.807, 2.05) is 7.05 Å². The van der Waals surface area contributed by atoms with Crippen LogP contribution < -0.4 is 5.32 Å². The molecule has 1 aliphatic rings. The second-order valence-electron chi connectivity index (χ2n) is 6.69. The van der Waals surface area contributed by atoms with Gasteiger partial charge in [-0.2, -0.15) is 4.31 Å². The number of halogens is 2. The first-order chi connectivity index (χ1) is 13.8. The molecule has 29 heavy (non-hydrogen) atoms. The Kier molecular flexibility index (Phi) is 6.69. The summed E-state index contributed by atoms with van der Waals surface area (Å²) in [5.74, 6) is -1.01. The van der Waals surface area contributed by atoms with Crippen LogP contribution in [0.25, 0.3) is 6.08 Å². The highest BCUT2D eigenvalue weighted by atomic mass is 35.5. The van der Waals surface area contributed by atoms with Gasteiger partial charge in [0.1, 0.15) is 5.82 Å². The van der Waals surface area contributed by atoms with E-state index in [0.717, 1.165) is 0 Å². The minimum atomic E-state index is -3.56. The predicted octanol–water partition coefficient (Wildman–Crippen LogP) is 3.07. The topological polar surface area (TPSA) is 69.7 Å². The number of rotatable bonds is 5. The van der Waals surface area contributed by atoms with Gasteiger partial charge in [-0.15, -0.1) is 0 Å². The molecule has 0 radical (unpaired) electrons. The summed E-state index contributed by atoms with van der Waals surface area (Å²) in [6.45, 7) is 2.26. The third-order valence-electron chi connectivity index (χ3n) is 4.62. The number of likely N-dealkylation sites (N-methyl/N-ethyl adjacent to an activating group) is 1. The summed E-state index contributed by atoms with van der Waals surface area (Å²) in [7, 11) is -1.61. The van der Waals surface area contributed by atoms with Crippen molar-refractivity contribution in [2.24, 2.45) is 0 Å². The van der Waals surface area contributed by atoms with Crippen LogP contribution in [0.3, 0.4) is 0 Å². The first-order valence-corrected chi connectivity index (χ1v) is 10.8.